The van der Waals surface area contributed by atoms with Crippen LogP contribution in [0.25, 0.3) is 0 Å². The van der Waals surface area contributed by atoms with Gasteiger partial charge in [-0.25, -0.2) is 0 Å². The smallest absolute Gasteiger partial charge is 0.265 e. The highest BCUT2D eigenvalue weighted by Gasteiger charge is 2.21. The highest BCUT2D eigenvalue weighted by atomic mass is 16.5. The third-order valence-electron chi connectivity index (χ3n) is 5.17. The Bertz CT molecular complexity index is 862. The number of nitrogens with zero attached hydrogens (tertiary/aromatic N) is 1. The van der Waals surface area contributed by atoms with Crippen molar-refractivity contribution in [1.29, 1.82) is 0 Å². The van der Waals surface area contributed by atoms with Gasteiger partial charge in [0.1, 0.15) is 5.75 Å². The second-order valence-electron chi connectivity index (χ2n) is 8.60. The van der Waals surface area contributed by atoms with Gasteiger partial charge < -0.3 is 15.0 Å². The second-order valence-corrected chi connectivity index (χ2v) is 8.60. The molecule has 0 aromatic heterocycles. The van der Waals surface area contributed by atoms with Crippen molar-refractivity contribution in [1.82, 2.24) is 4.90 Å². The first-order valence-corrected chi connectivity index (χ1v) is 10.2. The first-order chi connectivity index (χ1) is 13.7. The van der Waals surface area contributed by atoms with Crippen molar-refractivity contribution < 1.29 is 14.3 Å². The highest BCUT2D eigenvalue weighted by Crippen LogP contribution is 2.25. The van der Waals surface area contributed by atoms with Crippen LogP contribution in [0.3, 0.4) is 0 Å². The molecule has 1 aliphatic heterocycles. The van der Waals surface area contributed by atoms with Crippen LogP contribution in [-0.2, 0) is 10.2 Å². The fraction of sp³-hybridized carbons (Fsp3) is 0.417. The number of hydrogen-bond donors (Lipinski definition) is 1. The summed E-state index contributed by atoms with van der Waals surface area (Å²) in [6, 6.07) is 14.9. The van der Waals surface area contributed by atoms with Gasteiger partial charge in [-0.1, -0.05) is 39.0 Å². The molecule has 0 bridgehead atoms. The molecule has 1 saturated heterocycles. The van der Waals surface area contributed by atoms with Crippen LogP contribution in [0.15, 0.2) is 48.5 Å². The van der Waals surface area contributed by atoms with Crippen LogP contribution >= 0.6 is 0 Å². The Hall–Kier alpha value is -2.82. The summed E-state index contributed by atoms with van der Waals surface area (Å²) in [4.78, 5) is 27.0. The number of nitrogens with one attached hydrogen (secondary N) is 1. The molecule has 0 aliphatic carbocycles. The first kappa shape index (κ1) is 20.9. The van der Waals surface area contributed by atoms with Crippen LogP contribution in [-0.4, -0.2) is 35.9 Å². The minimum atomic E-state index is -0.659. The third kappa shape index (κ3) is 5.37. The van der Waals surface area contributed by atoms with Gasteiger partial charge in [0.05, 0.1) is 0 Å². The van der Waals surface area contributed by atoms with Crippen molar-refractivity contribution in [2.45, 2.75) is 52.1 Å². The highest BCUT2D eigenvalue weighted by molar-refractivity contribution is 5.98. The van der Waals surface area contributed by atoms with E-state index in [9.17, 15) is 9.59 Å². The maximum Gasteiger partial charge on any atom is 0.265 e. The van der Waals surface area contributed by atoms with Crippen molar-refractivity contribution in [3.8, 4) is 5.75 Å². The van der Waals surface area contributed by atoms with Gasteiger partial charge in [0, 0.05) is 24.3 Å². The summed E-state index contributed by atoms with van der Waals surface area (Å²) in [5, 5.41) is 2.85. The van der Waals surface area contributed by atoms with Crippen molar-refractivity contribution in [2.24, 2.45) is 0 Å². The number of likely N-dealkylation sites (tertiary alicyclic amines) is 1. The number of hydrogen-bond acceptors (Lipinski definition) is 3. The lowest BCUT2D eigenvalue weighted by Crippen LogP contribution is -2.30. The van der Waals surface area contributed by atoms with Gasteiger partial charge in [-0.15, -0.1) is 0 Å². The Balaban J connectivity index is 1.61. The predicted octanol–water partition coefficient (Wildman–Crippen LogP) is 4.63. The average molecular weight is 395 g/mol. The van der Waals surface area contributed by atoms with Crippen LogP contribution in [0.1, 0.15) is 56.5 Å². The maximum absolute atomic E-state index is 12.5. The number of anilines is 1. The molecule has 29 heavy (non-hydrogen) atoms. The molecule has 1 N–H and O–H groups in total. The van der Waals surface area contributed by atoms with Crippen LogP contribution in [0.5, 0.6) is 5.75 Å². The minimum absolute atomic E-state index is 0.0156. The van der Waals surface area contributed by atoms with E-state index < -0.39 is 6.10 Å². The quantitative estimate of drug-likeness (QED) is 0.805. The molecule has 1 atom stereocenters. The summed E-state index contributed by atoms with van der Waals surface area (Å²) in [7, 11) is 0. The molecule has 2 aromatic rings. The van der Waals surface area contributed by atoms with Gasteiger partial charge >= 0.3 is 0 Å². The van der Waals surface area contributed by atoms with E-state index in [0.29, 0.717) is 17.0 Å². The molecule has 1 fully saturated rings. The molecule has 5 nitrogen and oxygen atoms in total. The van der Waals surface area contributed by atoms with E-state index in [1.54, 1.807) is 31.2 Å². The summed E-state index contributed by atoms with van der Waals surface area (Å²) < 4.78 is 5.79. The summed E-state index contributed by atoms with van der Waals surface area (Å²) in [5.74, 6) is 0.413. The van der Waals surface area contributed by atoms with Gasteiger partial charge in [-0.05, 0) is 61.1 Å². The molecule has 1 unspecified atom stereocenters. The Morgan fingerprint density at radius 3 is 2.31 bits per heavy atom. The van der Waals surface area contributed by atoms with Crippen molar-refractivity contribution in [3.05, 3.63) is 59.7 Å². The Morgan fingerprint density at radius 1 is 1.03 bits per heavy atom. The van der Waals surface area contributed by atoms with Crippen LogP contribution < -0.4 is 10.1 Å². The van der Waals surface area contributed by atoms with Gasteiger partial charge in [0.2, 0.25) is 0 Å². The number of rotatable bonds is 5. The zero-order valence-electron chi connectivity index (χ0n) is 17.7. The SMILES string of the molecule is CC(Oc1ccc(C(C)(C)C)cc1)C(=O)Nc1cccc(C(=O)N2CCCC2)c1. The molecule has 5 heteroatoms. The van der Waals surface area contributed by atoms with E-state index in [1.807, 2.05) is 29.2 Å². The topological polar surface area (TPSA) is 58.6 Å². The lowest BCUT2D eigenvalue weighted by atomic mass is 9.87. The van der Waals surface area contributed by atoms with Crippen LogP contribution in [0.4, 0.5) is 5.69 Å². The Morgan fingerprint density at radius 2 is 1.69 bits per heavy atom. The van der Waals surface area contributed by atoms with Crippen molar-refractivity contribution in [2.75, 3.05) is 18.4 Å². The lowest BCUT2D eigenvalue weighted by Gasteiger charge is -2.20. The third-order valence-corrected chi connectivity index (χ3v) is 5.17. The molecule has 2 amide bonds. The molecule has 0 radical (unpaired) electrons. The molecule has 2 aromatic carbocycles. The largest absolute Gasteiger partial charge is 0.481 e. The van der Waals surface area contributed by atoms with Crippen molar-refractivity contribution >= 4 is 17.5 Å². The van der Waals surface area contributed by atoms with E-state index >= 15 is 0 Å². The van der Waals surface area contributed by atoms with E-state index in [0.717, 1.165) is 25.9 Å². The summed E-state index contributed by atoms with van der Waals surface area (Å²) in [6.07, 6.45) is 1.44. The fourth-order valence-corrected chi connectivity index (χ4v) is 3.37. The molecule has 0 spiro atoms. The van der Waals surface area contributed by atoms with Crippen LogP contribution in [0.2, 0.25) is 0 Å². The van der Waals surface area contributed by atoms with E-state index in [2.05, 4.69) is 26.1 Å². The predicted molar refractivity (Wildman–Crippen MR) is 115 cm³/mol. The average Bonchev–Trinajstić information content (AvgIpc) is 3.22. The summed E-state index contributed by atoms with van der Waals surface area (Å²) in [5.41, 5.74) is 2.47. The number of benzene rings is 2. The normalized spacial score (nSPS) is 15.1. The fourth-order valence-electron chi connectivity index (χ4n) is 3.37. The number of carbonyl (C=O) groups excluding carboxylic acids is 2. The maximum atomic E-state index is 12.5. The second kappa shape index (κ2) is 8.68. The van der Waals surface area contributed by atoms with Crippen LogP contribution in [0, 0.1) is 0 Å². The van der Waals surface area contributed by atoms with E-state index in [-0.39, 0.29) is 17.2 Å². The zero-order valence-corrected chi connectivity index (χ0v) is 17.7. The zero-order chi connectivity index (χ0) is 21.0. The molecule has 3 rings (SSSR count). The molecular formula is C24H30N2O3. The number of amides is 2. The molecule has 0 saturated carbocycles. The first-order valence-electron chi connectivity index (χ1n) is 10.2. The minimum Gasteiger partial charge on any atom is -0.481 e. The monoisotopic (exact) mass is 394 g/mol. The van der Waals surface area contributed by atoms with Gasteiger partial charge in [0.25, 0.3) is 11.8 Å². The van der Waals surface area contributed by atoms with Crippen molar-refractivity contribution in [3.63, 3.8) is 0 Å². The van der Waals surface area contributed by atoms with E-state index in [1.165, 1.54) is 5.56 Å². The molecule has 1 aliphatic rings. The van der Waals surface area contributed by atoms with Gasteiger partial charge in [0.15, 0.2) is 6.10 Å². The molecular weight excluding hydrogens is 364 g/mol. The summed E-state index contributed by atoms with van der Waals surface area (Å²) >= 11 is 0. The standard InChI is InChI=1S/C24H30N2O3/c1-17(29-21-12-10-19(11-13-21)24(2,3)4)22(27)25-20-9-7-8-18(16-20)23(28)26-14-5-6-15-26/h7-13,16-17H,5-6,14-15H2,1-4H3,(H,25,27). The number of carbonyl (C=O) groups is 2. The number of ether oxygens (including phenoxy) is 1. The van der Waals surface area contributed by atoms with Gasteiger partial charge in [-0.2, -0.15) is 0 Å². The lowest BCUT2D eigenvalue weighted by molar-refractivity contribution is -0.122. The van der Waals surface area contributed by atoms with E-state index in [4.69, 9.17) is 4.74 Å². The summed E-state index contributed by atoms with van der Waals surface area (Å²) in [6.45, 7) is 9.78. The Kier molecular flexibility index (Phi) is 6.26. The molecule has 154 valence electrons. The Labute approximate surface area is 173 Å². The molecule has 1 heterocycles. The van der Waals surface area contributed by atoms with Gasteiger partial charge in [-0.3, -0.25) is 9.59 Å².